The summed E-state index contributed by atoms with van der Waals surface area (Å²) >= 11 is 0. The average molecular weight is 456 g/mol. The van der Waals surface area contributed by atoms with Crippen molar-refractivity contribution in [3.8, 4) is 11.3 Å². The van der Waals surface area contributed by atoms with E-state index in [0.717, 1.165) is 15.9 Å². The minimum atomic E-state index is -3.81. The van der Waals surface area contributed by atoms with Gasteiger partial charge in [-0.05, 0) is 60.5 Å². The van der Waals surface area contributed by atoms with E-state index >= 15 is 0 Å². The van der Waals surface area contributed by atoms with Gasteiger partial charge in [-0.15, -0.1) is 0 Å². The first-order valence-corrected chi connectivity index (χ1v) is 11.5. The number of rotatable bonds is 6. The standard InChI is InChI=1S/C22H21FN4O4S/c1-15(28)26-12-10-17-14-19(6-8-21(17)26)32(30,31)24-11-13-27-22(29)9-7-20(25-27)16-2-4-18(23)5-3-16/h2-9,14,24H,10-13H2,1H3. The number of hydrogen-bond donors (Lipinski definition) is 1. The zero-order valence-electron chi connectivity index (χ0n) is 17.3. The minimum absolute atomic E-state index is 0.0240. The third-order valence-corrected chi connectivity index (χ3v) is 6.72. The van der Waals surface area contributed by atoms with E-state index in [0.29, 0.717) is 24.2 Å². The smallest absolute Gasteiger partial charge is 0.266 e. The number of nitrogens with zero attached hydrogens (tertiary/aromatic N) is 3. The molecule has 0 spiro atoms. The molecule has 1 N–H and O–H groups in total. The Morgan fingerprint density at radius 1 is 1.12 bits per heavy atom. The fraction of sp³-hybridized carbons (Fsp3) is 0.227. The molecule has 0 aliphatic carbocycles. The minimum Gasteiger partial charge on any atom is -0.312 e. The van der Waals surface area contributed by atoms with Crippen molar-refractivity contribution in [3.05, 3.63) is 76.3 Å². The van der Waals surface area contributed by atoms with Crippen LogP contribution in [-0.2, 0) is 27.8 Å². The first-order valence-electron chi connectivity index (χ1n) is 9.99. The third kappa shape index (κ3) is 4.46. The van der Waals surface area contributed by atoms with Crippen LogP contribution in [0.2, 0.25) is 0 Å². The van der Waals surface area contributed by atoms with E-state index in [1.807, 2.05) is 0 Å². The van der Waals surface area contributed by atoms with Gasteiger partial charge in [0.15, 0.2) is 0 Å². The van der Waals surface area contributed by atoms with E-state index in [-0.39, 0.29) is 35.3 Å². The van der Waals surface area contributed by atoms with E-state index in [1.54, 1.807) is 29.2 Å². The van der Waals surface area contributed by atoms with Gasteiger partial charge in [0.25, 0.3) is 5.56 Å². The zero-order chi connectivity index (χ0) is 22.9. The Balaban J connectivity index is 1.46. The van der Waals surface area contributed by atoms with Gasteiger partial charge < -0.3 is 4.90 Å². The summed E-state index contributed by atoms with van der Waals surface area (Å²) in [7, 11) is -3.81. The maximum atomic E-state index is 13.1. The first-order chi connectivity index (χ1) is 15.2. The van der Waals surface area contributed by atoms with Gasteiger partial charge in [-0.3, -0.25) is 9.59 Å². The summed E-state index contributed by atoms with van der Waals surface area (Å²) in [4.78, 5) is 25.5. The lowest BCUT2D eigenvalue weighted by molar-refractivity contribution is -0.116. The Kier molecular flexibility index (Phi) is 5.90. The summed E-state index contributed by atoms with van der Waals surface area (Å²) in [5.74, 6) is -0.463. The Bertz CT molecular complexity index is 1340. The highest BCUT2D eigenvalue weighted by atomic mass is 32.2. The molecule has 10 heteroatoms. The van der Waals surface area contributed by atoms with E-state index < -0.39 is 10.0 Å². The van der Waals surface area contributed by atoms with Gasteiger partial charge in [0, 0.05) is 37.3 Å². The lowest BCUT2D eigenvalue weighted by Gasteiger charge is -2.15. The molecule has 8 nitrogen and oxygen atoms in total. The van der Waals surface area contributed by atoms with Crippen molar-refractivity contribution in [1.82, 2.24) is 14.5 Å². The molecule has 0 saturated heterocycles. The highest BCUT2D eigenvalue weighted by molar-refractivity contribution is 7.89. The van der Waals surface area contributed by atoms with Crippen molar-refractivity contribution < 1.29 is 17.6 Å². The van der Waals surface area contributed by atoms with Crippen LogP contribution in [0.15, 0.2) is 64.3 Å². The molecule has 1 amide bonds. The molecule has 1 aliphatic rings. The van der Waals surface area contributed by atoms with Crippen LogP contribution in [-0.4, -0.2) is 37.2 Å². The van der Waals surface area contributed by atoms with Crippen LogP contribution in [0.1, 0.15) is 12.5 Å². The summed E-state index contributed by atoms with van der Waals surface area (Å²) in [6.45, 7) is 1.98. The van der Waals surface area contributed by atoms with Crippen molar-refractivity contribution in [2.45, 2.75) is 24.8 Å². The summed E-state index contributed by atoms with van der Waals surface area (Å²) < 4.78 is 42.2. The molecule has 166 valence electrons. The first kappa shape index (κ1) is 21.8. The molecule has 4 rings (SSSR count). The van der Waals surface area contributed by atoms with E-state index in [4.69, 9.17) is 0 Å². The number of benzene rings is 2. The van der Waals surface area contributed by atoms with Gasteiger partial charge in [-0.1, -0.05) is 0 Å². The molecule has 1 aliphatic heterocycles. The van der Waals surface area contributed by atoms with E-state index in [1.165, 1.54) is 37.3 Å². The number of carbonyl (C=O) groups is 1. The van der Waals surface area contributed by atoms with Crippen LogP contribution in [0.4, 0.5) is 10.1 Å². The van der Waals surface area contributed by atoms with Crippen molar-refractivity contribution in [3.63, 3.8) is 0 Å². The van der Waals surface area contributed by atoms with Crippen molar-refractivity contribution in [2.75, 3.05) is 18.0 Å². The number of amides is 1. The predicted molar refractivity (Wildman–Crippen MR) is 117 cm³/mol. The zero-order valence-corrected chi connectivity index (χ0v) is 18.1. The fourth-order valence-electron chi connectivity index (χ4n) is 3.63. The van der Waals surface area contributed by atoms with Crippen LogP contribution < -0.4 is 15.2 Å². The second kappa shape index (κ2) is 8.64. The number of carbonyl (C=O) groups excluding carboxylic acids is 1. The maximum Gasteiger partial charge on any atom is 0.266 e. The van der Waals surface area contributed by atoms with Crippen molar-refractivity contribution in [1.29, 1.82) is 0 Å². The molecule has 0 atom stereocenters. The molecule has 0 saturated carbocycles. The predicted octanol–water partition coefficient (Wildman–Crippen LogP) is 1.94. The monoisotopic (exact) mass is 456 g/mol. The maximum absolute atomic E-state index is 13.1. The van der Waals surface area contributed by atoms with Crippen LogP contribution in [0.3, 0.4) is 0 Å². The molecule has 3 aromatic rings. The number of nitrogens with one attached hydrogen (secondary N) is 1. The molecule has 2 heterocycles. The summed E-state index contributed by atoms with van der Waals surface area (Å²) in [6.07, 6.45) is 0.591. The van der Waals surface area contributed by atoms with Crippen LogP contribution >= 0.6 is 0 Å². The highest BCUT2D eigenvalue weighted by Gasteiger charge is 2.24. The highest BCUT2D eigenvalue weighted by Crippen LogP contribution is 2.30. The van der Waals surface area contributed by atoms with Gasteiger partial charge >= 0.3 is 0 Å². The van der Waals surface area contributed by atoms with Crippen LogP contribution in [0.5, 0.6) is 0 Å². The number of aromatic nitrogens is 2. The Labute approximate surface area is 184 Å². The van der Waals surface area contributed by atoms with Crippen LogP contribution in [0.25, 0.3) is 11.3 Å². The second-order valence-electron chi connectivity index (χ2n) is 7.40. The van der Waals surface area contributed by atoms with Gasteiger partial charge in [0.05, 0.1) is 17.1 Å². The normalized spacial score (nSPS) is 13.2. The van der Waals surface area contributed by atoms with Gasteiger partial charge in [0.2, 0.25) is 15.9 Å². The van der Waals surface area contributed by atoms with E-state index in [9.17, 15) is 22.4 Å². The lowest BCUT2D eigenvalue weighted by Crippen LogP contribution is -2.32. The molecule has 0 radical (unpaired) electrons. The third-order valence-electron chi connectivity index (χ3n) is 5.26. The Hall–Kier alpha value is -3.37. The van der Waals surface area contributed by atoms with E-state index in [2.05, 4.69) is 9.82 Å². The molecule has 2 aromatic carbocycles. The number of hydrogen-bond acceptors (Lipinski definition) is 5. The van der Waals surface area contributed by atoms with Gasteiger partial charge in [0.1, 0.15) is 5.82 Å². The van der Waals surface area contributed by atoms with Crippen molar-refractivity contribution in [2.24, 2.45) is 0 Å². The molecule has 1 aromatic heterocycles. The molecular formula is C22H21FN4O4S. The molecule has 0 bridgehead atoms. The van der Waals surface area contributed by atoms with Gasteiger partial charge in [-0.2, -0.15) is 5.10 Å². The molecule has 0 fully saturated rings. The summed E-state index contributed by atoms with van der Waals surface area (Å²) in [6, 6.07) is 13.2. The Morgan fingerprint density at radius 2 is 1.88 bits per heavy atom. The Morgan fingerprint density at radius 3 is 2.59 bits per heavy atom. The number of sulfonamides is 1. The molecular weight excluding hydrogens is 435 g/mol. The number of anilines is 1. The number of halogens is 1. The van der Waals surface area contributed by atoms with Crippen molar-refractivity contribution >= 4 is 21.6 Å². The summed E-state index contributed by atoms with van der Waals surface area (Å²) in [5, 5.41) is 4.25. The molecule has 32 heavy (non-hydrogen) atoms. The van der Waals surface area contributed by atoms with Gasteiger partial charge in [-0.25, -0.2) is 22.2 Å². The molecule has 0 unspecified atom stereocenters. The van der Waals surface area contributed by atoms with Crippen LogP contribution in [0, 0.1) is 5.82 Å². The summed E-state index contributed by atoms with van der Waals surface area (Å²) in [5.41, 5.74) is 2.26. The topological polar surface area (TPSA) is 101 Å². The quantitative estimate of drug-likeness (QED) is 0.611. The lowest BCUT2D eigenvalue weighted by atomic mass is 10.1. The average Bonchev–Trinajstić information content (AvgIpc) is 3.19. The fourth-order valence-corrected chi connectivity index (χ4v) is 4.70. The SMILES string of the molecule is CC(=O)N1CCc2cc(S(=O)(=O)NCCn3nc(-c4ccc(F)cc4)ccc3=O)ccc21. The largest absolute Gasteiger partial charge is 0.312 e. The second-order valence-corrected chi connectivity index (χ2v) is 9.16. The number of fused-ring (bicyclic) bond motifs is 1.